The fraction of sp³-hybridized carbons (Fsp3) is 0.552. The predicted molar refractivity (Wildman–Crippen MR) is 147 cm³/mol. The zero-order valence-corrected chi connectivity index (χ0v) is 24.6. The van der Waals surface area contributed by atoms with Gasteiger partial charge in [-0.2, -0.15) is 0 Å². The lowest BCUT2D eigenvalue weighted by molar-refractivity contribution is -0.352. The van der Waals surface area contributed by atoms with Gasteiger partial charge < -0.3 is 79.1 Å². The van der Waals surface area contributed by atoms with Crippen molar-refractivity contribution in [1.82, 2.24) is 0 Å². The van der Waals surface area contributed by atoms with Crippen LogP contribution in [0.25, 0.3) is 0 Å². The Hall–Kier alpha value is -3.49. The van der Waals surface area contributed by atoms with Crippen LogP contribution < -0.4 is 14.2 Å². The minimum Gasteiger partial charge on any atom is -0.508 e. The molecule has 0 aromatic heterocycles. The first-order valence-corrected chi connectivity index (χ1v) is 14.2. The van der Waals surface area contributed by atoms with E-state index in [0.717, 1.165) is 12.1 Å². The number of phenols is 3. The molecule has 252 valence electrons. The molecule has 46 heavy (non-hydrogen) atoms. The second-order valence-corrected chi connectivity index (χ2v) is 11.5. The highest BCUT2D eigenvalue weighted by atomic mass is 16.8. The van der Waals surface area contributed by atoms with Crippen molar-refractivity contribution in [2.75, 3.05) is 20.8 Å². The Morgan fingerprint density at radius 1 is 0.804 bits per heavy atom. The van der Waals surface area contributed by atoms with Crippen molar-refractivity contribution in [3.05, 3.63) is 34.9 Å². The number of aromatic hydroxyl groups is 3. The quantitative estimate of drug-likeness (QED) is 0.155. The molecule has 0 spiro atoms. The monoisotopic (exact) mass is 654 g/mol. The lowest BCUT2D eigenvalue weighted by atomic mass is 9.89. The third kappa shape index (κ3) is 4.74. The normalized spacial score (nSPS) is 38.1. The summed E-state index contributed by atoms with van der Waals surface area (Å²) in [6, 6.07) is 3.31. The number of aliphatic hydroxyl groups excluding tert-OH is 6. The summed E-state index contributed by atoms with van der Waals surface area (Å²) >= 11 is 0. The Morgan fingerprint density at radius 3 is 2.15 bits per heavy atom. The third-order valence-corrected chi connectivity index (χ3v) is 8.76. The molecular formula is C29H34O17. The van der Waals surface area contributed by atoms with Crippen LogP contribution in [-0.4, -0.2) is 140 Å². The van der Waals surface area contributed by atoms with Crippen LogP contribution >= 0.6 is 0 Å². The van der Waals surface area contributed by atoms with Gasteiger partial charge >= 0.3 is 0 Å². The largest absolute Gasteiger partial charge is 0.508 e. The van der Waals surface area contributed by atoms with Gasteiger partial charge in [0, 0.05) is 23.3 Å². The van der Waals surface area contributed by atoms with Crippen molar-refractivity contribution in [2.45, 2.75) is 80.0 Å². The number of ketones is 1. The van der Waals surface area contributed by atoms with Crippen molar-refractivity contribution in [1.29, 1.82) is 0 Å². The maximum absolute atomic E-state index is 14.2. The molecule has 3 aliphatic heterocycles. The lowest BCUT2D eigenvalue weighted by Crippen LogP contribution is -2.63. The number of fused-ring (bicyclic) bond motifs is 5. The molecule has 0 saturated carbocycles. The Morgan fingerprint density at radius 2 is 1.48 bits per heavy atom. The number of hydrogen-bond acceptors (Lipinski definition) is 17. The average molecular weight is 655 g/mol. The van der Waals surface area contributed by atoms with Gasteiger partial charge in [-0.05, 0) is 13.0 Å². The number of phenolic OH excluding ortho intramolecular Hbond substituents is 3. The molecule has 17 nitrogen and oxygen atoms in total. The highest BCUT2D eigenvalue weighted by Crippen LogP contribution is 2.63. The Balaban J connectivity index is 1.35. The number of hydrogen-bond donors (Lipinski definition) is 9. The molecule has 0 unspecified atom stereocenters. The van der Waals surface area contributed by atoms with Crippen LogP contribution in [0.1, 0.15) is 34.3 Å². The van der Waals surface area contributed by atoms with E-state index in [2.05, 4.69) is 0 Å². The molecule has 2 aromatic carbocycles. The number of aliphatic hydroxyl groups is 6. The molecule has 0 amide bonds. The second kappa shape index (κ2) is 11.6. The summed E-state index contributed by atoms with van der Waals surface area (Å²) in [5, 5.41) is 94.6. The summed E-state index contributed by atoms with van der Waals surface area (Å²) in [4.78, 5) is 14.2. The summed E-state index contributed by atoms with van der Waals surface area (Å²) in [5.41, 5.74) is -0.148. The molecule has 12 atom stereocenters. The topological polar surface area (TPSA) is 264 Å². The first kappa shape index (κ1) is 32.5. The van der Waals surface area contributed by atoms with Gasteiger partial charge in [0.2, 0.25) is 11.5 Å². The van der Waals surface area contributed by atoms with Crippen LogP contribution in [0, 0.1) is 0 Å². The fourth-order valence-electron chi connectivity index (χ4n) is 6.37. The molecule has 2 fully saturated rings. The molecule has 0 bridgehead atoms. The van der Waals surface area contributed by atoms with Crippen LogP contribution in [-0.2, 0) is 18.9 Å². The van der Waals surface area contributed by atoms with E-state index in [9.17, 15) is 50.8 Å². The maximum Gasteiger partial charge on any atom is 0.288 e. The third-order valence-electron chi connectivity index (χ3n) is 8.76. The molecule has 6 rings (SSSR count). The molecule has 2 saturated heterocycles. The van der Waals surface area contributed by atoms with Crippen molar-refractivity contribution >= 4 is 5.78 Å². The smallest absolute Gasteiger partial charge is 0.288 e. The van der Waals surface area contributed by atoms with Gasteiger partial charge in [0.25, 0.3) is 5.79 Å². The Kier molecular flexibility index (Phi) is 8.21. The van der Waals surface area contributed by atoms with Crippen LogP contribution in [0.2, 0.25) is 0 Å². The van der Waals surface area contributed by atoms with E-state index in [1.54, 1.807) is 0 Å². The number of ether oxygens (including phenoxy) is 7. The van der Waals surface area contributed by atoms with Crippen LogP contribution in [0.3, 0.4) is 0 Å². The van der Waals surface area contributed by atoms with Gasteiger partial charge in [-0.15, -0.1) is 0 Å². The highest BCUT2D eigenvalue weighted by Gasteiger charge is 2.67. The van der Waals surface area contributed by atoms with E-state index in [-0.39, 0.29) is 33.9 Å². The molecule has 9 N–H and O–H groups in total. The molecule has 4 aliphatic rings. The van der Waals surface area contributed by atoms with E-state index in [1.165, 1.54) is 27.2 Å². The van der Waals surface area contributed by atoms with Crippen LogP contribution in [0.15, 0.2) is 18.2 Å². The maximum atomic E-state index is 14.2. The van der Waals surface area contributed by atoms with Crippen molar-refractivity contribution in [3.8, 4) is 34.5 Å². The summed E-state index contributed by atoms with van der Waals surface area (Å²) in [7, 11) is 2.47. The molecule has 3 heterocycles. The number of carbonyl (C=O) groups is 1. The number of carbonyl (C=O) groups excluding carboxylic acids is 1. The van der Waals surface area contributed by atoms with Gasteiger partial charge in [-0.3, -0.25) is 4.79 Å². The van der Waals surface area contributed by atoms with E-state index < -0.39 is 103 Å². The summed E-state index contributed by atoms with van der Waals surface area (Å²) < 4.78 is 39.4. The molecule has 2 aromatic rings. The standard InChI is InChI=1S/C29H34O17/c1-8-18(32)21(35)23(37)27(43-8)42-7-14-19(33)22(36)24(38)28(44-14)46-29-17(16-11(31)4-9(30)5-12(16)45-29)15-10(26(29)39)6-13(40-2)20(34)25(15)41-3/h4-6,8,14,17-19,21-24,27-28,30-38H,7H2,1-3H3/t8-,14+,17-,18-,19+,21+,22-,23+,24+,27+,28-,29-/m0/s1. The van der Waals surface area contributed by atoms with Crippen LogP contribution in [0.5, 0.6) is 34.5 Å². The fourth-order valence-corrected chi connectivity index (χ4v) is 6.37. The van der Waals surface area contributed by atoms with E-state index in [4.69, 9.17) is 33.2 Å². The molecular weight excluding hydrogens is 620 g/mol. The van der Waals surface area contributed by atoms with Gasteiger partial charge in [-0.25, -0.2) is 0 Å². The molecule has 0 radical (unpaired) electrons. The minimum absolute atomic E-state index is 0.00889. The first-order valence-electron chi connectivity index (χ1n) is 14.2. The van der Waals surface area contributed by atoms with Gasteiger partial charge in [0.05, 0.1) is 38.4 Å². The van der Waals surface area contributed by atoms with Gasteiger partial charge in [-0.1, -0.05) is 0 Å². The number of rotatable bonds is 7. The second-order valence-electron chi connectivity index (χ2n) is 11.5. The first-order chi connectivity index (χ1) is 21.7. The Bertz CT molecular complexity index is 1520. The predicted octanol–water partition coefficient (Wildman–Crippen LogP) is -2.09. The van der Waals surface area contributed by atoms with E-state index in [1.807, 2.05) is 0 Å². The number of Topliss-reactive ketones (excluding diaryl/α,β-unsaturated/α-hetero) is 1. The Labute approximate surface area is 260 Å². The van der Waals surface area contributed by atoms with Crippen molar-refractivity contribution in [3.63, 3.8) is 0 Å². The number of methoxy groups -OCH3 is 2. The summed E-state index contributed by atoms with van der Waals surface area (Å²) in [6.45, 7) is 0.821. The van der Waals surface area contributed by atoms with Gasteiger partial charge in [0.15, 0.2) is 24.1 Å². The SMILES string of the molecule is COc1cc2c(c(OC)c1O)[C@H]1c3c(O)cc(O)cc3O[C@@]1(O[C@@H]1O[C@H](CO[C@@H]3O[C@@H](C)[C@H](O)[C@@H](O)[C@H]3O)[C@@H](O)[C@H](O)[C@H]1O)C2=O. The zero-order chi connectivity index (χ0) is 33.4. The van der Waals surface area contributed by atoms with Crippen molar-refractivity contribution < 1.29 is 83.9 Å². The minimum atomic E-state index is -2.49. The van der Waals surface area contributed by atoms with Crippen LogP contribution in [0.4, 0.5) is 0 Å². The van der Waals surface area contributed by atoms with Crippen molar-refractivity contribution in [2.24, 2.45) is 0 Å². The highest BCUT2D eigenvalue weighted by molar-refractivity contribution is 6.10. The zero-order valence-electron chi connectivity index (χ0n) is 24.6. The average Bonchev–Trinajstić information content (AvgIpc) is 3.46. The van der Waals surface area contributed by atoms with Gasteiger partial charge in [0.1, 0.15) is 60.0 Å². The molecule has 17 heteroatoms. The number of benzene rings is 2. The summed E-state index contributed by atoms with van der Waals surface area (Å²) in [6.07, 6.45) is -16.3. The lowest BCUT2D eigenvalue weighted by Gasteiger charge is -2.44. The summed E-state index contributed by atoms with van der Waals surface area (Å²) in [5.74, 6) is -6.75. The molecule has 1 aliphatic carbocycles. The van der Waals surface area contributed by atoms with E-state index >= 15 is 0 Å². The van der Waals surface area contributed by atoms with E-state index in [0.29, 0.717) is 0 Å².